The van der Waals surface area contributed by atoms with Crippen LogP contribution in [0.3, 0.4) is 0 Å². The zero-order valence-electron chi connectivity index (χ0n) is 11.4. The van der Waals surface area contributed by atoms with Crippen molar-refractivity contribution in [3.05, 3.63) is 45.4 Å². The van der Waals surface area contributed by atoms with Gasteiger partial charge in [-0.1, -0.05) is 0 Å². The summed E-state index contributed by atoms with van der Waals surface area (Å²) in [6.07, 6.45) is 0. The Morgan fingerprint density at radius 3 is 2.48 bits per heavy atom. The number of rotatable bonds is 5. The van der Waals surface area contributed by atoms with Gasteiger partial charge in [0.15, 0.2) is 5.78 Å². The molecule has 5 nitrogen and oxygen atoms in total. The number of hydrogen-bond acceptors (Lipinski definition) is 5. The molecule has 1 aromatic rings. The molecule has 1 aromatic carbocycles. The number of aliphatic hydroxyl groups is 1. The molecule has 0 saturated heterocycles. The largest absolute Gasteiger partial charge is 0.508 e. The van der Waals surface area contributed by atoms with E-state index >= 15 is 0 Å². The molecule has 0 spiro atoms. The van der Waals surface area contributed by atoms with Crippen LogP contribution in [0.5, 0.6) is 0 Å². The summed E-state index contributed by atoms with van der Waals surface area (Å²) in [7, 11) is 0. The van der Waals surface area contributed by atoms with Crippen molar-refractivity contribution in [3.63, 3.8) is 0 Å². The van der Waals surface area contributed by atoms with Gasteiger partial charge in [-0.25, -0.2) is 9.18 Å². The topological polar surface area (TPSA) is 87.5 Å². The average Bonchev–Trinajstić information content (AvgIpc) is 2.35. The molecule has 112 valence electrons. The van der Waals surface area contributed by atoms with E-state index in [9.17, 15) is 19.1 Å². The first-order valence-electron chi connectivity index (χ1n) is 5.84. The highest BCUT2D eigenvalue weighted by Gasteiger charge is 2.17. The molecule has 2 N–H and O–H groups in total. The van der Waals surface area contributed by atoms with Crippen molar-refractivity contribution in [2.75, 3.05) is 6.61 Å². The van der Waals surface area contributed by atoms with Gasteiger partial charge in [-0.15, -0.1) is 0 Å². The summed E-state index contributed by atoms with van der Waals surface area (Å²) in [4.78, 5) is 23.1. The Labute approximate surface area is 129 Å². The molecule has 0 fully saturated rings. The molecule has 0 radical (unpaired) electrons. The Hall–Kier alpha value is -2.02. The van der Waals surface area contributed by atoms with E-state index in [0.717, 1.165) is 12.1 Å². The Balaban J connectivity index is 2.88. The first-order valence-corrected chi connectivity index (χ1v) is 6.64. The van der Waals surface area contributed by atoms with Crippen LogP contribution in [0.4, 0.5) is 4.39 Å². The third-order valence-electron chi connectivity index (χ3n) is 2.51. The van der Waals surface area contributed by atoms with Crippen LogP contribution in [0.1, 0.15) is 24.2 Å². The fourth-order valence-corrected chi connectivity index (χ4v) is 2.14. The molecule has 0 amide bonds. The lowest BCUT2D eigenvalue weighted by Crippen LogP contribution is -2.15. The lowest BCUT2D eigenvalue weighted by molar-refractivity contribution is -0.113. The molecule has 0 aliphatic rings. The van der Waals surface area contributed by atoms with Crippen molar-refractivity contribution in [1.29, 1.82) is 5.41 Å². The molecule has 0 heterocycles. The second kappa shape index (κ2) is 7.12. The number of ketones is 1. The molecule has 1 rings (SSSR count). The van der Waals surface area contributed by atoms with Gasteiger partial charge in [-0.3, -0.25) is 4.79 Å². The number of hydrogen-bond donors (Lipinski definition) is 2. The van der Waals surface area contributed by atoms with E-state index in [1.165, 1.54) is 19.9 Å². The number of benzene rings is 1. The lowest BCUT2D eigenvalue weighted by atomic mass is 10.1. The molecule has 0 aliphatic heterocycles. The summed E-state index contributed by atoms with van der Waals surface area (Å²) in [5, 5.41) is 17.1. The van der Waals surface area contributed by atoms with Gasteiger partial charge < -0.3 is 15.3 Å². The van der Waals surface area contributed by atoms with Crippen LogP contribution in [0, 0.1) is 11.2 Å². The van der Waals surface area contributed by atoms with E-state index in [1.807, 2.05) is 0 Å². The van der Waals surface area contributed by atoms with Gasteiger partial charge in [0.1, 0.15) is 18.2 Å². The first kappa shape index (κ1) is 17.0. The minimum absolute atomic E-state index is 0.0835. The number of nitrogens with one attached hydrogen (secondary N) is 1. The first-order chi connectivity index (χ1) is 9.73. The molecule has 0 aromatic heterocycles. The fourth-order valence-electron chi connectivity index (χ4n) is 1.62. The monoisotopic (exact) mass is 357 g/mol. The zero-order chi connectivity index (χ0) is 16.2. The molecule has 0 atom stereocenters. The number of halogens is 2. The molecule has 21 heavy (non-hydrogen) atoms. The molecule has 0 bridgehead atoms. The highest BCUT2D eigenvalue weighted by atomic mass is 79.9. The van der Waals surface area contributed by atoms with E-state index in [-0.39, 0.29) is 21.3 Å². The number of aliphatic hydroxyl groups excluding tert-OH is 1. The number of Topliss-reactive ketones (excluding diaryl/α,β-unsaturated/α-hetero) is 1. The summed E-state index contributed by atoms with van der Waals surface area (Å²) in [6, 6.07) is 3.44. The summed E-state index contributed by atoms with van der Waals surface area (Å²) in [5.74, 6) is -2.31. The van der Waals surface area contributed by atoms with Crippen molar-refractivity contribution >= 4 is 33.4 Å². The predicted molar refractivity (Wildman–Crippen MR) is 78.1 cm³/mol. The van der Waals surface area contributed by atoms with Crippen LogP contribution in [0.25, 0.3) is 0 Å². The van der Waals surface area contributed by atoms with Crippen molar-refractivity contribution in [2.45, 2.75) is 13.8 Å². The number of esters is 1. The zero-order valence-corrected chi connectivity index (χ0v) is 13.0. The fraction of sp³-hybridized carbons (Fsp3) is 0.214. The summed E-state index contributed by atoms with van der Waals surface area (Å²) in [5.41, 5.74) is -0.236. The number of ether oxygens (including phenoxy) is 1. The van der Waals surface area contributed by atoms with Gasteiger partial charge in [-0.2, -0.15) is 0 Å². The van der Waals surface area contributed by atoms with E-state index in [1.54, 1.807) is 0 Å². The standard InChI is InChI=1S/C14H13BrFNO4/c1-7(17)13(8(2)18)12(19)6-21-14(20)10-4-3-9(16)5-11(10)15/h3-5,17,19H,6H2,1-2H3/b13-12-,17-7?. The van der Waals surface area contributed by atoms with Gasteiger partial charge in [0, 0.05) is 10.2 Å². The van der Waals surface area contributed by atoms with E-state index in [2.05, 4.69) is 15.9 Å². The van der Waals surface area contributed by atoms with Crippen LogP contribution in [0.15, 0.2) is 34.0 Å². The summed E-state index contributed by atoms with van der Waals surface area (Å²) in [6.45, 7) is 1.99. The van der Waals surface area contributed by atoms with Crippen LogP contribution in [0.2, 0.25) is 0 Å². The van der Waals surface area contributed by atoms with Gasteiger partial charge in [-0.05, 0) is 48.0 Å². The summed E-state index contributed by atoms with van der Waals surface area (Å²) >= 11 is 3.03. The predicted octanol–water partition coefficient (Wildman–Crippen LogP) is 3.19. The SMILES string of the molecule is CC(=N)/C(C(C)=O)=C(/O)COC(=O)c1ccc(F)cc1Br. The maximum absolute atomic E-state index is 12.9. The number of allylic oxidation sites excluding steroid dienone is 1. The van der Waals surface area contributed by atoms with Crippen LogP contribution in [-0.2, 0) is 9.53 Å². The molecular weight excluding hydrogens is 345 g/mol. The summed E-state index contributed by atoms with van der Waals surface area (Å²) < 4.78 is 18.0. The Morgan fingerprint density at radius 1 is 1.38 bits per heavy atom. The second-order valence-electron chi connectivity index (χ2n) is 4.20. The maximum Gasteiger partial charge on any atom is 0.339 e. The quantitative estimate of drug-likeness (QED) is 0.366. The van der Waals surface area contributed by atoms with Crippen molar-refractivity contribution in [2.24, 2.45) is 0 Å². The number of carbonyl (C=O) groups excluding carboxylic acids is 2. The average molecular weight is 358 g/mol. The lowest BCUT2D eigenvalue weighted by Gasteiger charge is -2.09. The van der Waals surface area contributed by atoms with Crippen molar-refractivity contribution in [3.8, 4) is 0 Å². The van der Waals surface area contributed by atoms with E-state index in [0.29, 0.717) is 0 Å². The van der Waals surface area contributed by atoms with Gasteiger partial charge in [0.05, 0.1) is 11.1 Å². The normalized spacial score (nSPS) is 11.6. The van der Waals surface area contributed by atoms with Gasteiger partial charge in [0.25, 0.3) is 0 Å². The van der Waals surface area contributed by atoms with Crippen LogP contribution >= 0.6 is 15.9 Å². The number of carbonyl (C=O) groups is 2. The molecule has 0 aliphatic carbocycles. The smallest absolute Gasteiger partial charge is 0.339 e. The van der Waals surface area contributed by atoms with Gasteiger partial charge in [0.2, 0.25) is 0 Å². The molecular formula is C14H13BrFNO4. The van der Waals surface area contributed by atoms with E-state index < -0.39 is 29.9 Å². The van der Waals surface area contributed by atoms with Gasteiger partial charge >= 0.3 is 5.97 Å². The molecule has 0 saturated carbocycles. The minimum atomic E-state index is -0.793. The Kier molecular flexibility index (Phi) is 5.78. The second-order valence-corrected chi connectivity index (χ2v) is 5.06. The molecule has 0 unspecified atom stereocenters. The third-order valence-corrected chi connectivity index (χ3v) is 3.16. The maximum atomic E-state index is 12.9. The highest BCUT2D eigenvalue weighted by Crippen LogP contribution is 2.19. The Morgan fingerprint density at radius 2 is 2.00 bits per heavy atom. The highest BCUT2D eigenvalue weighted by molar-refractivity contribution is 9.10. The third kappa shape index (κ3) is 4.49. The Bertz CT molecular complexity index is 624. The van der Waals surface area contributed by atoms with Crippen molar-refractivity contribution in [1.82, 2.24) is 0 Å². The van der Waals surface area contributed by atoms with Crippen LogP contribution < -0.4 is 0 Å². The van der Waals surface area contributed by atoms with Crippen molar-refractivity contribution < 1.29 is 23.8 Å². The van der Waals surface area contributed by atoms with Crippen LogP contribution in [-0.4, -0.2) is 29.2 Å². The molecule has 7 heteroatoms. The van der Waals surface area contributed by atoms with E-state index in [4.69, 9.17) is 10.1 Å². The minimum Gasteiger partial charge on any atom is -0.508 e.